The van der Waals surface area contributed by atoms with Gasteiger partial charge < -0.3 is 0 Å². The maximum Gasteiger partial charge on any atom is 0.0778 e. The number of benzene rings is 1. The number of aryl methyl sites for hydroxylation is 1. The highest BCUT2D eigenvalue weighted by atomic mass is 35.5. The topological polar surface area (TPSA) is 0 Å². The Morgan fingerprint density at radius 1 is 1.15 bits per heavy atom. The second-order valence-electron chi connectivity index (χ2n) is 2.70. The van der Waals surface area contributed by atoms with Crippen molar-refractivity contribution in [1.82, 2.24) is 0 Å². The van der Waals surface area contributed by atoms with E-state index in [9.17, 15) is 0 Å². The van der Waals surface area contributed by atoms with Crippen molar-refractivity contribution in [3.05, 3.63) is 45.4 Å². The smallest absolute Gasteiger partial charge is 0.0778 e. The Balaban J connectivity index is 2.92. The van der Waals surface area contributed by atoms with Gasteiger partial charge in [-0.05, 0) is 30.5 Å². The third-order valence-electron chi connectivity index (χ3n) is 1.68. The second-order valence-corrected chi connectivity index (χ2v) is 3.89. The fourth-order valence-corrected chi connectivity index (χ4v) is 1.66. The molecule has 0 radical (unpaired) electrons. The summed E-state index contributed by atoms with van der Waals surface area (Å²) < 4.78 is 0. The van der Waals surface area contributed by atoms with Gasteiger partial charge in [-0.3, -0.25) is 0 Å². The molecule has 0 heterocycles. The molecular weight excluding hydrogens is 226 g/mol. The molecule has 0 aromatic heterocycles. The van der Waals surface area contributed by atoms with E-state index in [1.807, 2.05) is 18.2 Å². The molecule has 0 spiro atoms. The molecule has 0 aliphatic rings. The Kier molecular flexibility index (Phi) is 4.11. The molecule has 0 aliphatic heterocycles. The van der Waals surface area contributed by atoms with Gasteiger partial charge in [0.15, 0.2) is 0 Å². The molecule has 1 aromatic rings. The molecule has 1 aromatic carbocycles. The summed E-state index contributed by atoms with van der Waals surface area (Å²) in [7, 11) is 0. The highest BCUT2D eigenvalue weighted by Crippen LogP contribution is 2.31. The Labute approximate surface area is 93.1 Å². The summed E-state index contributed by atoms with van der Waals surface area (Å²) in [5.41, 5.74) is 1.08. The van der Waals surface area contributed by atoms with Crippen molar-refractivity contribution >= 4 is 34.8 Å². The van der Waals surface area contributed by atoms with Crippen molar-refractivity contribution in [2.45, 2.75) is 12.8 Å². The van der Waals surface area contributed by atoms with Crippen molar-refractivity contribution in [1.29, 1.82) is 0 Å². The summed E-state index contributed by atoms with van der Waals surface area (Å²) in [5.74, 6) is 0. The van der Waals surface area contributed by atoms with Crippen LogP contribution >= 0.6 is 34.8 Å². The third-order valence-corrected chi connectivity index (χ3v) is 2.88. The number of halogens is 3. The molecule has 1 rings (SSSR count). The van der Waals surface area contributed by atoms with Gasteiger partial charge in [-0.1, -0.05) is 40.9 Å². The molecule has 0 saturated heterocycles. The van der Waals surface area contributed by atoms with Gasteiger partial charge in [-0.2, -0.15) is 0 Å². The molecular formula is C10H9Cl3. The van der Waals surface area contributed by atoms with Crippen molar-refractivity contribution in [3.8, 4) is 0 Å². The van der Waals surface area contributed by atoms with Crippen LogP contribution < -0.4 is 0 Å². The summed E-state index contributed by atoms with van der Waals surface area (Å²) in [6, 6.07) is 3.67. The summed E-state index contributed by atoms with van der Waals surface area (Å²) in [6.07, 6.45) is 3.66. The largest absolute Gasteiger partial charge is 0.103 e. The number of rotatable bonds is 3. The minimum Gasteiger partial charge on any atom is -0.103 e. The van der Waals surface area contributed by atoms with Crippen LogP contribution in [0.1, 0.15) is 12.0 Å². The monoisotopic (exact) mass is 234 g/mol. The van der Waals surface area contributed by atoms with Crippen LogP contribution in [0.15, 0.2) is 24.8 Å². The highest BCUT2D eigenvalue weighted by molar-refractivity contribution is 6.48. The molecule has 0 aliphatic carbocycles. The lowest BCUT2D eigenvalue weighted by atomic mass is 10.1. The van der Waals surface area contributed by atoms with Crippen LogP contribution in [-0.4, -0.2) is 0 Å². The van der Waals surface area contributed by atoms with Gasteiger partial charge in [0, 0.05) is 0 Å². The van der Waals surface area contributed by atoms with E-state index in [1.165, 1.54) is 0 Å². The van der Waals surface area contributed by atoms with E-state index < -0.39 is 0 Å². The van der Waals surface area contributed by atoms with Crippen molar-refractivity contribution in [2.24, 2.45) is 0 Å². The van der Waals surface area contributed by atoms with Crippen LogP contribution in [0.5, 0.6) is 0 Å². The fourth-order valence-electron chi connectivity index (χ4n) is 1.02. The molecule has 0 nitrogen and oxygen atoms in total. The van der Waals surface area contributed by atoms with Gasteiger partial charge in [-0.25, -0.2) is 0 Å². The van der Waals surface area contributed by atoms with E-state index in [0.29, 0.717) is 15.1 Å². The van der Waals surface area contributed by atoms with Crippen LogP contribution in [0.4, 0.5) is 0 Å². The normalized spacial score (nSPS) is 10.1. The highest BCUT2D eigenvalue weighted by Gasteiger charge is 2.04. The minimum atomic E-state index is 0.422. The maximum absolute atomic E-state index is 5.86. The summed E-state index contributed by atoms with van der Waals surface area (Å²) in [6.45, 7) is 3.65. The molecule has 0 fully saturated rings. The summed E-state index contributed by atoms with van der Waals surface area (Å²) in [4.78, 5) is 0. The Morgan fingerprint density at radius 3 is 2.15 bits per heavy atom. The van der Waals surface area contributed by atoms with Crippen LogP contribution in [0.25, 0.3) is 0 Å². The Bertz CT molecular complexity index is 295. The molecule has 0 bridgehead atoms. The average Bonchev–Trinajstić information content (AvgIpc) is 2.10. The number of hydrogen-bond donors (Lipinski definition) is 0. The van der Waals surface area contributed by atoms with E-state index >= 15 is 0 Å². The Hall–Kier alpha value is -0.170. The van der Waals surface area contributed by atoms with Crippen molar-refractivity contribution < 1.29 is 0 Å². The van der Waals surface area contributed by atoms with Crippen molar-refractivity contribution in [3.63, 3.8) is 0 Å². The summed E-state index contributed by atoms with van der Waals surface area (Å²) in [5, 5.41) is 1.44. The van der Waals surface area contributed by atoms with Gasteiger partial charge in [0.2, 0.25) is 0 Å². The molecule has 0 N–H and O–H groups in total. The van der Waals surface area contributed by atoms with Crippen LogP contribution in [0, 0.1) is 0 Å². The lowest BCUT2D eigenvalue weighted by molar-refractivity contribution is 1.00. The van der Waals surface area contributed by atoms with Gasteiger partial charge in [0.05, 0.1) is 15.1 Å². The predicted molar refractivity (Wildman–Crippen MR) is 60.0 cm³/mol. The van der Waals surface area contributed by atoms with Crippen LogP contribution in [0.2, 0.25) is 15.1 Å². The van der Waals surface area contributed by atoms with E-state index in [0.717, 1.165) is 18.4 Å². The predicted octanol–water partition coefficient (Wildman–Crippen LogP) is 4.77. The fraction of sp³-hybridized carbons (Fsp3) is 0.200. The molecule has 0 amide bonds. The zero-order valence-corrected chi connectivity index (χ0v) is 9.26. The summed E-state index contributed by atoms with van der Waals surface area (Å²) >= 11 is 17.5. The quantitative estimate of drug-likeness (QED) is 0.523. The first kappa shape index (κ1) is 10.9. The number of allylic oxidation sites excluding steroid dienone is 1. The molecule has 0 atom stereocenters. The van der Waals surface area contributed by atoms with Gasteiger partial charge in [0.25, 0.3) is 0 Å². The first-order chi connectivity index (χ1) is 6.15. The second kappa shape index (κ2) is 4.90. The van der Waals surface area contributed by atoms with E-state index in [1.54, 1.807) is 0 Å². The lowest BCUT2D eigenvalue weighted by Gasteiger charge is -2.03. The van der Waals surface area contributed by atoms with E-state index in [4.69, 9.17) is 34.8 Å². The van der Waals surface area contributed by atoms with E-state index in [2.05, 4.69) is 6.58 Å². The van der Waals surface area contributed by atoms with Crippen LogP contribution in [0.3, 0.4) is 0 Å². The van der Waals surface area contributed by atoms with E-state index in [-0.39, 0.29) is 0 Å². The number of hydrogen-bond acceptors (Lipinski definition) is 0. The minimum absolute atomic E-state index is 0.422. The molecule has 0 unspecified atom stereocenters. The molecule has 0 saturated carbocycles. The molecule has 13 heavy (non-hydrogen) atoms. The van der Waals surface area contributed by atoms with Crippen LogP contribution in [-0.2, 0) is 6.42 Å². The zero-order chi connectivity index (χ0) is 9.84. The first-order valence-electron chi connectivity index (χ1n) is 3.89. The third kappa shape index (κ3) is 2.91. The van der Waals surface area contributed by atoms with Crippen molar-refractivity contribution in [2.75, 3.05) is 0 Å². The molecule has 3 heteroatoms. The Morgan fingerprint density at radius 2 is 1.69 bits per heavy atom. The average molecular weight is 236 g/mol. The van der Waals surface area contributed by atoms with Gasteiger partial charge >= 0.3 is 0 Å². The SMILES string of the molecule is C=CCCc1cc(Cl)c(Cl)c(Cl)c1. The lowest BCUT2D eigenvalue weighted by Crippen LogP contribution is -1.84. The maximum atomic E-state index is 5.86. The first-order valence-corrected chi connectivity index (χ1v) is 5.03. The van der Waals surface area contributed by atoms with Gasteiger partial charge in [0.1, 0.15) is 0 Å². The standard InChI is InChI=1S/C10H9Cl3/c1-2-3-4-7-5-8(11)10(13)9(12)6-7/h2,5-6H,1,3-4H2. The molecule has 70 valence electrons. The van der Waals surface area contributed by atoms with Gasteiger partial charge in [-0.15, -0.1) is 6.58 Å². The zero-order valence-electron chi connectivity index (χ0n) is 6.99.